The zero-order valence-corrected chi connectivity index (χ0v) is 14.0. The molecule has 0 N–H and O–H groups in total. The lowest BCUT2D eigenvalue weighted by molar-refractivity contribution is 0.0628. The number of carbonyl (C=O) groups is 1. The number of aromatic nitrogens is 1. The molecule has 1 aromatic heterocycles. The third-order valence-electron chi connectivity index (χ3n) is 4.20. The maximum absolute atomic E-state index is 12.6. The van der Waals surface area contributed by atoms with Gasteiger partial charge in [-0.25, -0.2) is 0 Å². The molecular formula is C19H23N3O2. The minimum absolute atomic E-state index is 0.0964. The van der Waals surface area contributed by atoms with Crippen LogP contribution in [0.3, 0.4) is 0 Å². The van der Waals surface area contributed by atoms with Crippen molar-refractivity contribution in [1.82, 2.24) is 14.8 Å². The third-order valence-corrected chi connectivity index (χ3v) is 4.20. The Balaban J connectivity index is 1.53. The molecule has 0 aliphatic carbocycles. The number of pyridine rings is 1. The average Bonchev–Trinajstić information content (AvgIpc) is 2.64. The molecule has 2 heterocycles. The van der Waals surface area contributed by atoms with Crippen molar-refractivity contribution >= 4 is 5.91 Å². The smallest absolute Gasteiger partial charge is 0.253 e. The summed E-state index contributed by atoms with van der Waals surface area (Å²) in [6, 6.07) is 11.4. The highest BCUT2D eigenvalue weighted by Gasteiger charge is 2.22. The molecule has 0 spiro atoms. The van der Waals surface area contributed by atoms with E-state index in [1.54, 1.807) is 6.20 Å². The topological polar surface area (TPSA) is 45.7 Å². The molecule has 3 rings (SSSR count). The van der Waals surface area contributed by atoms with Crippen LogP contribution >= 0.6 is 0 Å². The lowest BCUT2D eigenvalue weighted by atomic mass is 10.1. The van der Waals surface area contributed by atoms with E-state index in [1.165, 1.54) is 5.56 Å². The maximum atomic E-state index is 12.6. The SMILES string of the molecule is CCOc1ccc(C(=O)N2CCN(Cc3cccnc3)CC2)cc1. The molecule has 0 atom stereocenters. The summed E-state index contributed by atoms with van der Waals surface area (Å²) in [5, 5.41) is 0. The number of rotatable bonds is 5. The van der Waals surface area contributed by atoms with Gasteiger partial charge in [0.05, 0.1) is 6.61 Å². The van der Waals surface area contributed by atoms with Crippen molar-refractivity contribution in [2.75, 3.05) is 32.8 Å². The number of amides is 1. The normalized spacial score (nSPS) is 15.3. The van der Waals surface area contributed by atoms with Gasteiger partial charge in [-0.2, -0.15) is 0 Å². The van der Waals surface area contributed by atoms with Crippen molar-refractivity contribution in [2.24, 2.45) is 0 Å². The summed E-state index contributed by atoms with van der Waals surface area (Å²) in [6.07, 6.45) is 3.69. The van der Waals surface area contributed by atoms with Gasteiger partial charge in [-0.15, -0.1) is 0 Å². The quantitative estimate of drug-likeness (QED) is 0.847. The number of hydrogen-bond donors (Lipinski definition) is 0. The van der Waals surface area contributed by atoms with Gasteiger partial charge in [-0.3, -0.25) is 14.7 Å². The lowest BCUT2D eigenvalue weighted by Gasteiger charge is -2.34. The summed E-state index contributed by atoms with van der Waals surface area (Å²) in [4.78, 5) is 21.0. The van der Waals surface area contributed by atoms with Crippen LogP contribution in [0, 0.1) is 0 Å². The Hall–Kier alpha value is -2.40. The Morgan fingerprint density at radius 2 is 1.88 bits per heavy atom. The molecule has 1 amide bonds. The Morgan fingerprint density at radius 3 is 2.50 bits per heavy atom. The Labute approximate surface area is 142 Å². The molecule has 1 aliphatic heterocycles. The number of hydrogen-bond acceptors (Lipinski definition) is 4. The van der Waals surface area contributed by atoms with Crippen LogP contribution in [0.1, 0.15) is 22.8 Å². The van der Waals surface area contributed by atoms with Crippen LogP contribution in [0.5, 0.6) is 5.75 Å². The summed E-state index contributed by atoms with van der Waals surface area (Å²) in [6.45, 7) is 6.75. The number of nitrogens with zero attached hydrogens (tertiary/aromatic N) is 3. The molecule has 1 aromatic carbocycles. The molecule has 5 nitrogen and oxygen atoms in total. The first-order valence-electron chi connectivity index (χ1n) is 8.39. The van der Waals surface area contributed by atoms with Gasteiger partial charge in [-0.05, 0) is 42.8 Å². The highest BCUT2D eigenvalue weighted by Crippen LogP contribution is 2.15. The number of benzene rings is 1. The van der Waals surface area contributed by atoms with Gasteiger partial charge in [-0.1, -0.05) is 6.07 Å². The third kappa shape index (κ3) is 4.11. The fourth-order valence-corrected chi connectivity index (χ4v) is 2.90. The molecule has 1 saturated heterocycles. The Bertz CT molecular complexity index is 650. The van der Waals surface area contributed by atoms with Crippen molar-refractivity contribution in [1.29, 1.82) is 0 Å². The second-order valence-corrected chi connectivity index (χ2v) is 5.89. The predicted octanol–water partition coefficient (Wildman–Crippen LogP) is 2.44. The summed E-state index contributed by atoms with van der Waals surface area (Å²) in [5.74, 6) is 0.898. The van der Waals surface area contributed by atoms with E-state index in [9.17, 15) is 4.79 Å². The lowest BCUT2D eigenvalue weighted by Crippen LogP contribution is -2.48. The van der Waals surface area contributed by atoms with Crippen LogP contribution in [0.2, 0.25) is 0 Å². The van der Waals surface area contributed by atoms with E-state index in [0.717, 1.165) is 44.0 Å². The minimum Gasteiger partial charge on any atom is -0.494 e. The van der Waals surface area contributed by atoms with Crippen LogP contribution in [0.4, 0.5) is 0 Å². The summed E-state index contributed by atoms with van der Waals surface area (Å²) in [5.41, 5.74) is 1.93. The maximum Gasteiger partial charge on any atom is 0.253 e. The average molecular weight is 325 g/mol. The van der Waals surface area contributed by atoms with Gasteiger partial charge in [0.2, 0.25) is 0 Å². The molecule has 1 fully saturated rings. The summed E-state index contributed by atoms with van der Waals surface area (Å²) < 4.78 is 5.42. The largest absolute Gasteiger partial charge is 0.494 e. The van der Waals surface area contributed by atoms with Crippen molar-refractivity contribution in [2.45, 2.75) is 13.5 Å². The van der Waals surface area contributed by atoms with E-state index in [4.69, 9.17) is 4.74 Å². The van der Waals surface area contributed by atoms with Crippen LogP contribution in [-0.2, 0) is 6.54 Å². The van der Waals surface area contributed by atoms with Crippen LogP contribution < -0.4 is 4.74 Å². The van der Waals surface area contributed by atoms with E-state index >= 15 is 0 Å². The van der Waals surface area contributed by atoms with Crippen LogP contribution in [0.25, 0.3) is 0 Å². The van der Waals surface area contributed by atoms with E-state index in [2.05, 4.69) is 16.0 Å². The number of carbonyl (C=O) groups excluding carboxylic acids is 1. The van der Waals surface area contributed by atoms with Gasteiger partial charge in [0, 0.05) is 50.7 Å². The second-order valence-electron chi connectivity index (χ2n) is 5.89. The minimum atomic E-state index is 0.0964. The summed E-state index contributed by atoms with van der Waals surface area (Å²) >= 11 is 0. The zero-order chi connectivity index (χ0) is 16.8. The standard InChI is InChI=1S/C19H23N3O2/c1-2-24-18-7-5-17(6-8-18)19(23)22-12-10-21(11-13-22)15-16-4-3-9-20-14-16/h3-9,14H,2,10-13,15H2,1H3. The molecule has 126 valence electrons. The van der Waals surface area contributed by atoms with E-state index in [1.807, 2.05) is 48.4 Å². The molecule has 24 heavy (non-hydrogen) atoms. The molecule has 0 saturated carbocycles. The monoisotopic (exact) mass is 325 g/mol. The van der Waals surface area contributed by atoms with Crippen molar-refractivity contribution in [3.63, 3.8) is 0 Å². The van der Waals surface area contributed by atoms with Gasteiger partial charge < -0.3 is 9.64 Å². The Kier molecular flexibility index (Phi) is 5.43. The first kappa shape index (κ1) is 16.5. The van der Waals surface area contributed by atoms with E-state index in [0.29, 0.717) is 6.61 Å². The Morgan fingerprint density at radius 1 is 1.12 bits per heavy atom. The molecule has 0 bridgehead atoms. The van der Waals surface area contributed by atoms with Crippen LogP contribution in [-0.4, -0.2) is 53.5 Å². The number of piperazine rings is 1. The fourth-order valence-electron chi connectivity index (χ4n) is 2.90. The predicted molar refractivity (Wildman–Crippen MR) is 93.0 cm³/mol. The summed E-state index contributed by atoms with van der Waals surface area (Å²) in [7, 11) is 0. The highest BCUT2D eigenvalue weighted by molar-refractivity contribution is 5.94. The van der Waals surface area contributed by atoms with Gasteiger partial charge in [0.15, 0.2) is 0 Å². The van der Waals surface area contributed by atoms with E-state index in [-0.39, 0.29) is 5.91 Å². The molecule has 1 aliphatic rings. The fraction of sp³-hybridized carbons (Fsp3) is 0.368. The van der Waals surface area contributed by atoms with E-state index < -0.39 is 0 Å². The van der Waals surface area contributed by atoms with Gasteiger partial charge in [0.1, 0.15) is 5.75 Å². The van der Waals surface area contributed by atoms with Crippen LogP contribution in [0.15, 0.2) is 48.8 Å². The second kappa shape index (κ2) is 7.93. The molecule has 2 aromatic rings. The van der Waals surface area contributed by atoms with Gasteiger partial charge in [0.25, 0.3) is 5.91 Å². The molecular weight excluding hydrogens is 302 g/mol. The van der Waals surface area contributed by atoms with Crippen molar-refractivity contribution in [3.8, 4) is 5.75 Å². The van der Waals surface area contributed by atoms with Crippen molar-refractivity contribution in [3.05, 3.63) is 59.9 Å². The first-order valence-corrected chi connectivity index (χ1v) is 8.39. The molecule has 5 heteroatoms. The molecule has 0 unspecified atom stereocenters. The number of ether oxygens (including phenoxy) is 1. The first-order chi connectivity index (χ1) is 11.8. The zero-order valence-electron chi connectivity index (χ0n) is 14.0. The van der Waals surface area contributed by atoms with Gasteiger partial charge >= 0.3 is 0 Å². The van der Waals surface area contributed by atoms with Crippen molar-refractivity contribution < 1.29 is 9.53 Å². The molecule has 0 radical (unpaired) electrons. The highest BCUT2D eigenvalue weighted by atomic mass is 16.5.